The van der Waals surface area contributed by atoms with E-state index in [4.69, 9.17) is 0 Å². The second kappa shape index (κ2) is 9.45. The van der Waals surface area contributed by atoms with Crippen LogP contribution in [0.3, 0.4) is 0 Å². The molecule has 0 aromatic heterocycles. The molecule has 0 amide bonds. The Morgan fingerprint density at radius 2 is 1.32 bits per heavy atom. The molecule has 1 unspecified atom stereocenters. The van der Waals surface area contributed by atoms with E-state index in [1.54, 1.807) is 24.3 Å². The molecular formula is C26H30O2. The molecule has 0 bridgehead atoms. The Balaban J connectivity index is 2.04. The van der Waals surface area contributed by atoms with Gasteiger partial charge >= 0.3 is 0 Å². The average Bonchev–Trinajstić information content (AvgIpc) is 2.72. The Morgan fingerprint density at radius 3 is 1.93 bits per heavy atom. The molecule has 2 heteroatoms. The standard InChI is InChI=1S/C26H30O2/c1-3-4-5-6-8-19(2)24-9-7-10-25(20-11-15-22(27)16-12-20)26(24)21-13-17-23(28)18-14-21/h7,9-19,27-28H,3-6,8H2,1-2H3. The number of rotatable bonds is 8. The van der Waals surface area contributed by atoms with Gasteiger partial charge in [0.05, 0.1) is 0 Å². The van der Waals surface area contributed by atoms with Gasteiger partial charge in [0.15, 0.2) is 0 Å². The van der Waals surface area contributed by atoms with Gasteiger partial charge in [-0.15, -0.1) is 0 Å². The van der Waals surface area contributed by atoms with Gasteiger partial charge in [0.25, 0.3) is 0 Å². The van der Waals surface area contributed by atoms with Crippen molar-refractivity contribution in [3.05, 3.63) is 72.3 Å². The lowest BCUT2D eigenvalue weighted by Crippen LogP contribution is -1.99. The van der Waals surface area contributed by atoms with Crippen LogP contribution in [-0.2, 0) is 0 Å². The Morgan fingerprint density at radius 1 is 0.714 bits per heavy atom. The average molecular weight is 375 g/mol. The number of phenolic OH excluding ortho intramolecular Hbond substituents is 2. The summed E-state index contributed by atoms with van der Waals surface area (Å²) in [4.78, 5) is 0. The first kappa shape index (κ1) is 20.0. The molecule has 0 aliphatic rings. The second-order valence-corrected chi connectivity index (χ2v) is 7.61. The summed E-state index contributed by atoms with van der Waals surface area (Å²) in [5, 5.41) is 19.4. The van der Waals surface area contributed by atoms with Crippen molar-refractivity contribution in [1.82, 2.24) is 0 Å². The number of aromatic hydroxyl groups is 2. The van der Waals surface area contributed by atoms with Gasteiger partial charge in [-0.05, 0) is 64.4 Å². The van der Waals surface area contributed by atoms with Crippen LogP contribution in [0.15, 0.2) is 66.7 Å². The summed E-state index contributed by atoms with van der Waals surface area (Å²) in [7, 11) is 0. The SMILES string of the molecule is CCCCCCC(C)c1cccc(-c2ccc(O)cc2)c1-c1ccc(O)cc1. The summed E-state index contributed by atoms with van der Waals surface area (Å²) in [5.41, 5.74) is 5.91. The zero-order valence-corrected chi connectivity index (χ0v) is 16.9. The zero-order chi connectivity index (χ0) is 19.9. The van der Waals surface area contributed by atoms with Crippen LogP contribution in [-0.4, -0.2) is 10.2 Å². The molecule has 0 saturated heterocycles. The van der Waals surface area contributed by atoms with Crippen LogP contribution in [0.2, 0.25) is 0 Å². The lowest BCUT2D eigenvalue weighted by atomic mass is 9.84. The quantitative estimate of drug-likeness (QED) is 0.401. The van der Waals surface area contributed by atoms with Gasteiger partial charge in [-0.1, -0.05) is 82.0 Å². The Kier molecular flexibility index (Phi) is 6.76. The third-order valence-electron chi connectivity index (χ3n) is 5.45. The first-order chi connectivity index (χ1) is 13.6. The maximum absolute atomic E-state index is 9.74. The van der Waals surface area contributed by atoms with Gasteiger partial charge in [-0.2, -0.15) is 0 Å². The molecule has 2 nitrogen and oxygen atoms in total. The number of phenols is 2. The lowest BCUT2D eigenvalue weighted by Gasteiger charge is -2.21. The van der Waals surface area contributed by atoms with Gasteiger partial charge in [-0.3, -0.25) is 0 Å². The van der Waals surface area contributed by atoms with Crippen molar-refractivity contribution >= 4 is 0 Å². The summed E-state index contributed by atoms with van der Waals surface area (Å²) in [6, 6.07) is 21.4. The summed E-state index contributed by atoms with van der Waals surface area (Å²) < 4.78 is 0. The van der Waals surface area contributed by atoms with Gasteiger partial charge in [-0.25, -0.2) is 0 Å². The normalized spacial score (nSPS) is 12.1. The number of benzene rings is 3. The lowest BCUT2D eigenvalue weighted by molar-refractivity contribution is 0.475. The van der Waals surface area contributed by atoms with Crippen molar-refractivity contribution in [1.29, 1.82) is 0 Å². The molecule has 28 heavy (non-hydrogen) atoms. The predicted molar refractivity (Wildman–Crippen MR) is 118 cm³/mol. The molecule has 1 atom stereocenters. The predicted octanol–water partition coefficient (Wildman–Crippen LogP) is 7.51. The van der Waals surface area contributed by atoms with Crippen molar-refractivity contribution in [2.24, 2.45) is 0 Å². The van der Waals surface area contributed by atoms with E-state index in [9.17, 15) is 10.2 Å². The molecule has 3 aromatic rings. The minimum atomic E-state index is 0.274. The number of hydrogen-bond donors (Lipinski definition) is 2. The van der Waals surface area contributed by atoms with E-state index in [2.05, 4.69) is 32.0 Å². The van der Waals surface area contributed by atoms with Crippen LogP contribution in [0.1, 0.15) is 57.4 Å². The topological polar surface area (TPSA) is 40.5 Å². The van der Waals surface area contributed by atoms with Crippen LogP contribution in [0, 0.1) is 0 Å². The molecule has 0 saturated carbocycles. The highest BCUT2D eigenvalue weighted by atomic mass is 16.3. The smallest absolute Gasteiger partial charge is 0.115 e. The molecule has 146 valence electrons. The van der Waals surface area contributed by atoms with Gasteiger partial charge in [0, 0.05) is 0 Å². The number of unbranched alkanes of at least 4 members (excludes halogenated alkanes) is 3. The van der Waals surface area contributed by atoms with Crippen LogP contribution in [0.25, 0.3) is 22.3 Å². The highest BCUT2D eigenvalue weighted by molar-refractivity contribution is 5.86. The minimum absolute atomic E-state index is 0.274. The highest BCUT2D eigenvalue weighted by Crippen LogP contribution is 2.40. The van der Waals surface area contributed by atoms with Crippen molar-refractivity contribution in [2.45, 2.75) is 51.9 Å². The highest BCUT2D eigenvalue weighted by Gasteiger charge is 2.17. The van der Waals surface area contributed by atoms with E-state index >= 15 is 0 Å². The molecule has 0 aliphatic heterocycles. The Hall–Kier alpha value is -2.74. The fraction of sp³-hybridized carbons (Fsp3) is 0.308. The van der Waals surface area contributed by atoms with Gasteiger partial charge in [0.2, 0.25) is 0 Å². The number of hydrogen-bond acceptors (Lipinski definition) is 2. The molecule has 3 aromatic carbocycles. The van der Waals surface area contributed by atoms with Crippen LogP contribution < -0.4 is 0 Å². The molecule has 0 fully saturated rings. The molecule has 0 radical (unpaired) electrons. The molecule has 0 heterocycles. The molecule has 3 rings (SSSR count). The van der Waals surface area contributed by atoms with E-state index in [-0.39, 0.29) is 11.5 Å². The molecule has 0 aliphatic carbocycles. The van der Waals surface area contributed by atoms with E-state index in [1.807, 2.05) is 24.3 Å². The van der Waals surface area contributed by atoms with E-state index in [1.165, 1.54) is 43.2 Å². The summed E-state index contributed by atoms with van der Waals surface area (Å²) >= 11 is 0. The van der Waals surface area contributed by atoms with Crippen molar-refractivity contribution in [2.75, 3.05) is 0 Å². The second-order valence-electron chi connectivity index (χ2n) is 7.61. The minimum Gasteiger partial charge on any atom is -0.508 e. The van der Waals surface area contributed by atoms with Crippen LogP contribution in [0.4, 0.5) is 0 Å². The Bertz CT molecular complexity index is 879. The van der Waals surface area contributed by atoms with E-state index in [0.717, 1.165) is 16.7 Å². The largest absolute Gasteiger partial charge is 0.508 e. The third kappa shape index (κ3) is 4.75. The summed E-state index contributed by atoms with van der Waals surface area (Å²) in [6.45, 7) is 4.55. The van der Waals surface area contributed by atoms with Gasteiger partial charge in [0.1, 0.15) is 11.5 Å². The maximum atomic E-state index is 9.74. The van der Waals surface area contributed by atoms with Crippen molar-refractivity contribution < 1.29 is 10.2 Å². The Labute approximate surface area is 168 Å². The van der Waals surface area contributed by atoms with E-state index < -0.39 is 0 Å². The van der Waals surface area contributed by atoms with Crippen molar-refractivity contribution in [3.63, 3.8) is 0 Å². The molecule has 0 spiro atoms. The third-order valence-corrected chi connectivity index (χ3v) is 5.45. The van der Waals surface area contributed by atoms with Crippen LogP contribution >= 0.6 is 0 Å². The van der Waals surface area contributed by atoms with Gasteiger partial charge < -0.3 is 10.2 Å². The first-order valence-corrected chi connectivity index (χ1v) is 10.3. The maximum Gasteiger partial charge on any atom is 0.115 e. The van der Waals surface area contributed by atoms with E-state index in [0.29, 0.717) is 5.92 Å². The first-order valence-electron chi connectivity index (χ1n) is 10.3. The van der Waals surface area contributed by atoms with Crippen LogP contribution in [0.5, 0.6) is 11.5 Å². The summed E-state index contributed by atoms with van der Waals surface area (Å²) in [5.74, 6) is 1.01. The molecular weight excluding hydrogens is 344 g/mol. The molecule has 2 N–H and O–H groups in total. The fourth-order valence-corrected chi connectivity index (χ4v) is 3.85. The summed E-state index contributed by atoms with van der Waals surface area (Å²) in [6.07, 6.45) is 6.25. The zero-order valence-electron chi connectivity index (χ0n) is 16.9. The monoisotopic (exact) mass is 374 g/mol. The fourth-order valence-electron chi connectivity index (χ4n) is 3.85. The van der Waals surface area contributed by atoms with Crippen molar-refractivity contribution in [3.8, 4) is 33.8 Å².